The summed E-state index contributed by atoms with van der Waals surface area (Å²) in [7, 11) is 0. The van der Waals surface area contributed by atoms with Crippen LogP contribution in [0.2, 0.25) is 0 Å². The van der Waals surface area contributed by atoms with E-state index in [1.54, 1.807) is 11.3 Å². The summed E-state index contributed by atoms with van der Waals surface area (Å²) in [5.74, 6) is 0.207. The molecule has 5 heteroatoms. The number of carbonyl (C=O) groups is 1. The molecule has 1 N–H and O–H groups in total. The van der Waals surface area contributed by atoms with Crippen molar-refractivity contribution in [2.45, 2.75) is 59.4 Å². The number of aromatic nitrogens is 1. The normalized spacial score (nSPS) is 10.9. The molecule has 1 aromatic heterocycles. The Morgan fingerprint density at radius 3 is 2.43 bits per heavy atom. The molecule has 0 aliphatic rings. The van der Waals surface area contributed by atoms with Crippen molar-refractivity contribution in [3.05, 3.63) is 16.1 Å². The average Bonchev–Trinajstić information content (AvgIpc) is 2.81. The summed E-state index contributed by atoms with van der Waals surface area (Å²) in [5.41, 5.74) is 3.10. The van der Waals surface area contributed by atoms with Gasteiger partial charge in [0, 0.05) is 33.0 Å². The maximum atomic E-state index is 12.5. The predicted octanol–water partition coefficient (Wildman–Crippen LogP) is 2.31. The van der Waals surface area contributed by atoms with Crippen molar-refractivity contribution in [2.24, 2.45) is 0 Å². The van der Waals surface area contributed by atoms with E-state index < -0.39 is 0 Å². The van der Waals surface area contributed by atoms with Crippen LogP contribution in [0.25, 0.3) is 0 Å². The minimum absolute atomic E-state index is 0.161. The van der Waals surface area contributed by atoms with Gasteiger partial charge in [-0.1, -0.05) is 38.0 Å². The molecule has 0 saturated heterocycles. The lowest BCUT2D eigenvalue weighted by atomic mass is 10.2. The van der Waals surface area contributed by atoms with E-state index >= 15 is 0 Å². The molecule has 0 atom stereocenters. The van der Waals surface area contributed by atoms with Crippen LogP contribution in [0.5, 0.6) is 0 Å². The topological polar surface area (TPSA) is 44.4 Å². The zero-order valence-corrected chi connectivity index (χ0v) is 14.4. The Balaban J connectivity index is 2.66. The molecule has 0 unspecified atom stereocenters. The number of carbonyl (C=O) groups excluding carboxylic acids is 1. The van der Waals surface area contributed by atoms with Crippen LogP contribution in [-0.4, -0.2) is 35.6 Å². The molecule has 120 valence electrons. The van der Waals surface area contributed by atoms with Crippen LogP contribution >= 0.6 is 11.3 Å². The molecule has 0 radical (unpaired) electrons. The lowest BCUT2D eigenvalue weighted by Crippen LogP contribution is -2.46. The number of thiazole rings is 1. The molecular formula is C16H29N2O2S+. The number of amides is 1. The number of hydrogen-bond donors (Lipinski definition) is 1. The van der Waals surface area contributed by atoms with Crippen molar-refractivity contribution >= 4 is 17.2 Å². The highest BCUT2D eigenvalue weighted by Crippen LogP contribution is 2.11. The van der Waals surface area contributed by atoms with Crippen molar-refractivity contribution in [1.82, 2.24) is 4.90 Å². The lowest BCUT2D eigenvalue weighted by Gasteiger charge is -2.20. The molecule has 1 rings (SSSR count). The first-order chi connectivity index (χ1) is 10.1. The van der Waals surface area contributed by atoms with Crippen LogP contribution in [0.15, 0.2) is 5.51 Å². The molecule has 1 heterocycles. The summed E-state index contributed by atoms with van der Waals surface area (Å²) in [6.45, 7) is 8.64. The van der Waals surface area contributed by atoms with Gasteiger partial charge in [0.25, 0.3) is 5.91 Å². The van der Waals surface area contributed by atoms with E-state index in [2.05, 4.69) is 13.8 Å². The van der Waals surface area contributed by atoms with Crippen LogP contribution in [0.3, 0.4) is 0 Å². The third-order valence-electron chi connectivity index (χ3n) is 3.72. The summed E-state index contributed by atoms with van der Waals surface area (Å²) in [6.07, 6.45) is 5.03. The summed E-state index contributed by atoms with van der Waals surface area (Å²) >= 11 is 1.62. The van der Waals surface area contributed by atoms with E-state index in [9.17, 15) is 4.79 Å². The zero-order chi connectivity index (χ0) is 15.7. The van der Waals surface area contributed by atoms with Crippen molar-refractivity contribution in [1.29, 1.82) is 0 Å². The number of unbranched alkanes of at least 4 members (excludes halogenated alkanes) is 2. The largest absolute Gasteiger partial charge is 0.396 e. The second-order valence-electron chi connectivity index (χ2n) is 5.42. The van der Waals surface area contributed by atoms with E-state index in [1.165, 1.54) is 4.88 Å². The van der Waals surface area contributed by atoms with Crippen LogP contribution in [-0.2, 0) is 17.8 Å². The number of aliphatic hydroxyl groups is 1. The number of hydrogen-bond acceptors (Lipinski definition) is 3. The Morgan fingerprint density at radius 1 is 1.29 bits per heavy atom. The van der Waals surface area contributed by atoms with Gasteiger partial charge in [-0.15, -0.1) is 0 Å². The van der Waals surface area contributed by atoms with Crippen LogP contribution < -0.4 is 4.57 Å². The van der Waals surface area contributed by atoms with Crippen molar-refractivity contribution < 1.29 is 14.5 Å². The molecule has 0 aromatic carbocycles. The molecule has 0 fully saturated rings. The molecular weight excluding hydrogens is 284 g/mol. The SMILES string of the molecule is CCCCN(CCCC)C(=O)C[n+]1csc(CCO)c1C. The average molecular weight is 313 g/mol. The van der Waals surface area contributed by atoms with E-state index in [1.807, 2.05) is 21.9 Å². The number of aliphatic hydroxyl groups excluding tert-OH is 1. The third kappa shape index (κ3) is 5.75. The van der Waals surface area contributed by atoms with Gasteiger partial charge < -0.3 is 10.0 Å². The first kappa shape index (κ1) is 18.1. The van der Waals surface area contributed by atoms with Gasteiger partial charge in [-0.3, -0.25) is 4.79 Å². The summed E-state index contributed by atoms with van der Waals surface area (Å²) in [5, 5.41) is 9.04. The number of rotatable bonds is 10. The molecule has 1 aromatic rings. The highest BCUT2D eigenvalue weighted by atomic mass is 32.1. The minimum atomic E-state index is 0.161. The molecule has 0 bridgehead atoms. The van der Waals surface area contributed by atoms with E-state index in [4.69, 9.17) is 5.11 Å². The highest BCUT2D eigenvalue weighted by molar-refractivity contribution is 7.09. The Morgan fingerprint density at radius 2 is 1.90 bits per heavy atom. The van der Waals surface area contributed by atoms with Gasteiger partial charge in [0.15, 0.2) is 5.69 Å². The molecule has 0 spiro atoms. The molecule has 0 aliphatic carbocycles. The Hall–Kier alpha value is -0.940. The fourth-order valence-corrected chi connectivity index (χ4v) is 3.24. The van der Waals surface area contributed by atoms with Gasteiger partial charge in [0.2, 0.25) is 12.1 Å². The maximum Gasteiger partial charge on any atom is 0.288 e. The van der Waals surface area contributed by atoms with Crippen LogP contribution in [0.1, 0.15) is 50.1 Å². The van der Waals surface area contributed by atoms with Crippen LogP contribution in [0.4, 0.5) is 0 Å². The standard InChI is InChI=1S/C16H29N2O2S/c1-4-6-9-17(10-7-5-2)16(20)12-18-13-21-15(8-11-19)14(18)3/h13,19H,4-12H2,1-3H3/q+1. The molecule has 21 heavy (non-hydrogen) atoms. The second kappa shape index (κ2) is 9.90. The third-order valence-corrected chi connectivity index (χ3v) is 4.86. The Labute approximate surface area is 132 Å². The summed E-state index contributed by atoms with van der Waals surface area (Å²) in [4.78, 5) is 15.7. The fraction of sp³-hybridized carbons (Fsp3) is 0.750. The quantitative estimate of drug-likeness (QED) is 0.674. The van der Waals surface area contributed by atoms with Gasteiger partial charge in [-0.2, -0.15) is 4.57 Å². The van der Waals surface area contributed by atoms with Gasteiger partial charge in [0.1, 0.15) is 0 Å². The number of nitrogens with zero attached hydrogens (tertiary/aromatic N) is 2. The first-order valence-electron chi connectivity index (χ1n) is 7.99. The Bertz CT molecular complexity index is 424. The van der Waals surface area contributed by atoms with E-state index in [-0.39, 0.29) is 12.5 Å². The van der Waals surface area contributed by atoms with E-state index in [0.717, 1.165) is 44.5 Å². The Kier molecular flexibility index (Phi) is 8.54. The smallest absolute Gasteiger partial charge is 0.288 e. The van der Waals surface area contributed by atoms with Crippen molar-refractivity contribution in [3.63, 3.8) is 0 Å². The second-order valence-corrected chi connectivity index (χ2v) is 6.36. The van der Waals surface area contributed by atoms with Gasteiger partial charge in [0.05, 0.1) is 4.88 Å². The first-order valence-corrected chi connectivity index (χ1v) is 8.87. The molecule has 0 aliphatic heterocycles. The summed E-state index contributed by atoms with van der Waals surface area (Å²) in [6, 6.07) is 0. The molecule has 0 saturated carbocycles. The zero-order valence-electron chi connectivity index (χ0n) is 13.6. The van der Waals surface area contributed by atoms with Gasteiger partial charge in [-0.25, -0.2) is 0 Å². The van der Waals surface area contributed by atoms with E-state index in [0.29, 0.717) is 13.0 Å². The van der Waals surface area contributed by atoms with Crippen LogP contribution in [0, 0.1) is 6.92 Å². The maximum absolute atomic E-state index is 12.5. The summed E-state index contributed by atoms with van der Waals surface area (Å²) < 4.78 is 2.02. The minimum Gasteiger partial charge on any atom is -0.396 e. The highest BCUT2D eigenvalue weighted by Gasteiger charge is 2.21. The van der Waals surface area contributed by atoms with Gasteiger partial charge >= 0.3 is 0 Å². The molecule has 4 nitrogen and oxygen atoms in total. The van der Waals surface area contributed by atoms with Crippen molar-refractivity contribution in [2.75, 3.05) is 19.7 Å². The van der Waals surface area contributed by atoms with Gasteiger partial charge in [-0.05, 0) is 12.8 Å². The monoisotopic (exact) mass is 313 g/mol. The fourth-order valence-electron chi connectivity index (χ4n) is 2.25. The van der Waals surface area contributed by atoms with Crippen molar-refractivity contribution in [3.8, 4) is 0 Å². The predicted molar refractivity (Wildman–Crippen MR) is 86.4 cm³/mol. The molecule has 1 amide bonds. The lowest BCUT2D eigenvalue weighted by molar-refractivity contribution is -0.686.